The highest BCUT2D eigenvalue weighted by Gasteiger charge is 2.44. The molecule has 2 aliphatic heterocycles. The second kappa shape index (κ2) is 6.56. The van der Waals surface area contributed by atoms with Gasteiger partial charge in [0.05, 0.1) is 24.3 Å². The van der Waals surface area contributed by atoms with Crippen molar-refractivity contribution in [3.63, 3.8) is 0 Å². The second-order valence-electron chi connectivity index (χ2n) is 7.30. The Bertz CT molecular complexity index is 782. The summed E-state index contributed by atoms with van der Waals surface area (Å²) in [4.78, 5) is 13.8. The van der Waals surface area contributed by atoms with Crippen LogP contribution in [-0.4, -0.2) is 48.7 Å². The van der Waals surface area contributed by atoms with Crippen LogP contribution < -0.4 is 4.90 Å². The number of hydrogen-bond acceptors (Lipinski definition) is 5. The predicted octanol–water partition coefficient (Wildman–Crippen LogP) is 2.87. The largest absolute Gasteiger partial charge is 0.376 e. The van der Waals surface area contributed by atoms with Crippen molar-refractivity contribution in [2.45, 2.75) is 25.0 Å². The molecule has 25 heavy (non-hydrogen) atoms. The zero-order chi connectivity index (χ0) is 17.4. The number of nitrogens with zero attached hydrogens (tertiary/aromatic N) is 4. The van der Waals surface area contributed by atoms with Crippen LogP contribution in [0, 0.1) is 0 Å². The van der Waals surface area contributed by atoms with Gasteiger partial charge in [0.1, 0.15) is 0 Å². The molecular weight excluding hydrogens is 336 g/mol. The minimum absolute atomic E-state index is 0.0279. The molecule has 1 aromatic heterocycles. The van der Waals surface area contributed by atoms with Gasteiger partial charge in [-0.15, -0.1) is 0 Å². The lowest BCUT2D eigenvalue weighted by Crippen LogP contribution is -2.40. The maximum Gasteiger partial charge on any atom is 0.225 e. The third-order valence-corrected chi connectivity index (χ3v) is 5.35. The Hall–Kier alpha value is -1.69. The van der Waals surface area contributed by atoms with Crippen LogP contribution in [0.2, 0.25) is 5.02 Å². The van der Waals surface area contributed by atoms with Crippen molar-refractivity contribution in [2.24, 2.45) is 0 Å². The molecule has 3 heterocycles. The minimum atomic E-state index is -0.0279. The Morgan fingerprint density at radius 3 is 3.04 bits per heavy atom. The van der Waals surface area contributed by atoms with Crippen LogP contribution in [-0.2, 0) is 23.3 Å². The van der Waals surface area contributed by atoms with E-state index in [1.165, 1.54) is 11.3 Å². The van der Waals surface area contributed by atoms with E-state index in [1.54, 1.807) is 0 Å². The maximum absolute atomic E-state index is 6.13. The third kappa shape index (κ3) is 3.24. The Balaban J connectivity index is 1.59. The average Bonchev–Trinajstić information content (AvgIpc) is 2.98. The number of aromatic nitrogens is 2. The average molecular weight is 359 g/mol. The van der Waals surface area contributed by atoms with Crippen LogP contribution >= 0.6 is 11.6 Å². The molecule has 1 saturated heterocycles. The molecule has 4 rings (SSSR count). The first-order valence-electron chi connectivity index (χ1n) is 8.64. The first-order valence-corrected chi connectivity index (χ1v) is 9.02. The first kappa shape index (κ1) is 16.8. The Kier molecular flexibility index (Phi) is 4.40. The molecule has 0 saturated carbocycles. The molecule has 2 aliphatic rings. The number of hydrogen-bond donors (Lipinski definition) is 0. The highest BCUT2D eigenvalue weighted by Crippen LogP contribution is 2.39. The summed E-state index contributed by atoms with van der Waals surface area (Å²) < 4.78 is 5.91. The van der Waals surface area contributed by atoms with E-state index in [4.69, 9.17) is 21.3 Å². The van der Waals surface area contributed by atoms with E-state index in [2.05, 4.69) is 16.0 Å². The fourth-order valence-electron chi connectivity index (χ4n) is 3.90. The topological polar surface area (TPSA) is 41.5 Å². The zero-order valence-corrected chi connectivity index (χ0v) is 15.5. The molecule has 1 aromatic carbocycles. The minimum Gasteiger partial charge on any atom is -0.376 e. The molecule has 0 N–H and O–H groups in total. The van der Waals surface area contributed by atoms with Gasteiger partial charge in [-0.2, -0.15) is 0 Å². The van der Waals surface area contributed by atoms with Crippen LogP contribution in [0.4, 0.5) is 5.95 Å². The van der Waals surface area contributed by atoms with E-state index < -0.39 is 0 Å². The number of likely N-dealkylation sites (tertiary alicyclic amines) is 1. The summed E-state index contributed by atoms with van der Waals surface area (Å²) in [6.07, 6.45) is 2.99. The van der Waals surface area contributed by atoms with Crippen molar-refractivity contribution in [1.82, 2.24) is 14.9 Å². The molecular formula is C19H23ClN4O. The second-order valence-corrected chi connectivity index (χ2v) is 7.74. The van der Waals surface area contributed by atoms with E-state index in [0.717, 1.165) is 49.2 Å². The summed E-state index contributed by atoms with van der Waals surface area (Å²) in [6.45, 7) is 4.24. The van der Waals surface area contributed by atoms with Crippen molar-refractivity contribution in [3.05, 3.63) is 52.3 Å². The summed E-state index contributed by atoms with van der Waals surface area (Å²) in [5, 5.41) is 0.793. The van der Waals surface area contributed by atoms with Crippen LogP contribution in [0.1, 0.15) is 23.2 Å². The van der Waals surface area contributed by atoms with E-state index in [1.807, 2.05) is 43.4 Å². The number of benzene rings is 1. The lowest BCUT2D eigenvalue weighted by atomic mass is 9.80. The Labute approximate surface area is 153 Å². The fraction of sp³-hybridized carbons (Fsp3) is 0.474. The van der Waals surface area contributed by atoms with Crippen molar-refractivity contribution in [2.75, 3.05) is 38.7 Å². The lowest BCUT2D eigenvalue weighted by molar-refractivity contribution is 0.0503. The number of anilines is 1. The monoisotopic (exact) mass is 358 g/mol. The van der Waals surface area contributed by atoms with Gasteiger partial charge in [0, 0.05) is 44.0 Å². The van der Waals surface area contributed by atoms with Crippen molar-refractivity contribution >= 4 is 17.5 Å². The van der Waals surface area contributed by atoms with Gasteiger partial charge in [-0.3, -0.25) is 4.90 Å². The Morgan fingerprint density at radius 2 is 2.24 bits per heavy atom. The maximum atomic E-state index is 6.13. The smallest absolute Gasteiger partial charge is 0.225 e. The Morgan fingerprint density at radius 1 is 1.36 bits per heavy atom. The van der Waals surface area contributed by atoms with Gasteiger partial charge in [-0.25, -0.2) is 9.97 Å². The molecule has 132 valence electrons. The van der Waals surface area contributed by atoms with E-state index in [9.17, 15) is 0 Å². The zero-order valence-electron chi connectivity index (χ0n) is 14.7. The lowest BCUT2D eigenvalue weighted by Gasteiger charge is -2.34. The fourth-order valence-corrected chi connectivity index (χ4v) is 4.11. The summed E-state index contributed by atoms with van der Waals surface area (Å²) in [5.74, 6) is 0.772. The van der Waals surface area contributed by atoms with Gasteiger partial charge in [-0.05, 0) is 30.7 Å². The highest BCUT2D eigenvalue weighted by atomic mass is 35.5. The van der Waals surface area contributed by atoms with Gasteiger partial charge in [0.25, 0.3) is 0 Å². The number of fused-ring (bicyclic) bond motifs is 2. The molecule has 1 fully saturated rings. The van der Waals surface area contributed by atoms with E-state index in [0.29, 0.717) is 6.61 Å². The van der Waals surface area contributed by atoms with Gasteiger partial charge < -0.3 is 9.64 Å². The third-order valence-electron chi connectivity index (χ3n) is 5.12. The summed E-state index contributed by atoms with van der Waals surface area (Å²) >= 11 is 6.13. The summed E-state index contributed by atoms with van der Waals surface area (Å²) in [7, 11) is 3.96. The molecule has 5 nitrogen and oxygen atoms in total. The number of rotatable bonds is 3. The van der Waals surface area contributed by atoms with Crippen LogP contribution in [0.3, 0.4) is 0 Å². The van der Waals surface area contributed by atoms with Crippen LogP contribution in [0.25, 0.3) is 0 Å². The van der Waals surface area contributed by atoms with Gasteiger partial charge >= 0.3 is 0 Å². The number of halogens is 1. The molecule has 6 heteroatoms. The molecule has 1 spiro atoms. The standard InChI is InChI=1S/C19H23ClN4O/c1-23(2)18-21-9-15-11-25-13-19(17(15)22-18)6-7-24(12-19)10-14-4-3-5-16(20)8-14/h3-5,8-9H,6-7,10-13H2,1-2H3/t19-/m0/s1. The highest BCUT2D eigenvalue weighted by molar-refractivity contribution is 6.30. The quantitative estimate of drug-likeness (QED) is 0.844. The molecule has 1 atom stereocenters. The summed E-state index contributed by atoms with van der Waals surface area (Å²) in [5.41, 5.74) is 3.52. The molecule has 0 bridgehead atoms. The van der Waals surface area contributed by atoms with E-state index >= 15 is 0 Å². The first-order chi connectivity index (χ1) is 12.1. The predicted molar refractivity (Wildman–Crippen MR) is 99.0 cm³/mol. The van der Waals surface area contributed by atoms with Gasteiger partial charge in [-0.1, -0.05) is 23.7 Å². The van der Waals surface area contributed by atoms with Crippen molar-refractivity contribution < 1.29 is 4.74 Å². The number of ether oxygens (including phenoxy) is 1. The summed E-state index contributed by atoms with van der Waals surface area (Å²) in [6, 6.07) is 8.11. The van der Waals surface area contributed by atoms with Gasteiger partial charge in [0.15, 0.2) is 0 Å². The van der Waals surface area contributed by atoms with Crippen molar-refractivity contribution in [1.29, 1.82) is 0 Å². The van der Waals surface area contributed by atoms with Crippen LogP contribution in [0.15, 0.2) is 30.5 Å². The molecule has 0 radical (unpaired) electrons. The molecule has 0 aliphatic carbocycles. The molecule has 2 aromatic rings. The molecule has 0 amide bonds. The molecule has 0 unspecified atom stereocenters. The van der Waals surface area contributed by atoms with Gasteiger partial charge in [0.2, 0.25) is 5.95 Å². The van der Waals surface area contributed by atoms with Crippen LogP contribution in [0.5, 0.6) is 0 Å². The van der Waals surface area contributed by atoms with Crippen molar-refractivity contribution in [3.8, 4) is 0 Å². The van der Waals surface area contributed by atoms with E-state index in [-0.39, 0.29) is 5.41 Å². The normalized spacial score (nSPS) is 23.0. The SMILES string of the molecule is CN(C)c1ncc2c(n1)[C@]1(CCN(Cc3cccc(Cl)c3)C1)COC2.